The van der Waals surface area contributed by atoms with Gasteiger partial charge in [0.05, 0.1) is 12.0 Å². The van der Waals surface area contributed by atoms with E-state index < -0.39 is 6.10 Å². The van der Waals surface area contributed by atoms with Crippen LogP contribution in [-0.2, 0) is 20.7 Å². The minimum Gasteiger partial charge on any atom is -0.467 e. The van der Waals surface area contributed by atoms with Crippen LogP contribution in [0.4, 0.5) is 5.13 Å². The van der Waals surface area contributed by atoms with Crippen molar-refractivity contribution >= 4 is 22.4 Å². The zero-order chi connectivity index (χ0) is 15.9. The molecular weight excluding hydrogens is 300 g/mol. The minimum absolute atomic E-state index is 0.341. The van der Waals surface area contributed by atoms with Crippen LogP contribution < -0.4 is 5.32 Å². The summed E-state index contributed by atoms with van der Waals surface area (Å²) < 4.78 is 10.2. The summed E-state index contributed by atoms with van der Waals surface area (Å²) in [6.45, 7) is 2.34. The molecule has 1 N–H and O–H groups in total. The maximum atomic E-state index is 11.7. The second kappa shape index (κ2) is 7.91. The summed E-state index contributed by atoms with van der Waals surface area (Å²) in [7, 11) is 3.23. The van der Waals surface area contributed by atoms with Crippen molar-refractivity contribution in [3.63, 3.8) is 0 Å². The molecule has 1 heterocycles. The lowest BCUT2D eigenvalue weighted by Gasteiger charge is -2.14. The van der Waals surface area contributed by atoms with Crippen LogP contribution in [0.25, 0.3) is 10.4 Å². The van der Waals surface area contributed by atoms with Crippen LogP contribution in [0.15, 0.2) is 30.5 Å². The fourth-order valence-electron chi connectivity index (χ4n) is 2.09. The third kappa shape index (κ3) is 4.05. The number of hydrogen-bond donors (Lipinski definition) is 1. The topological polar surface area (TPSA) is 60.5 Å². The molecule has 1 aromatic carbocycles. The highest BCUT2D eigenvalue weighted by molar-refractivity contribution is 7.18. The Morgan fingerprint density at radius 1 is 1.36 bits per heavy atom. The van der Waals surface area contributed by atoms with Crippen molar-refractivity contribution in [3.05, 3.63) is 36.0 Å². The van der Waals surface area contributed by atoms with Gasteiger partial charge in [0.15, 0.2) is 11.2 Å². The van der Waals surface area contributed by atoms with Crippen LogP contribution in [0.3, 0.4) is 0 Å². The van der Waals surface area contributed by atoms with E-state index in [9.17, 15) is 4.79 Å². The highest BCUT2D eigenvalue weighted by Crippen LogP contribution is 2.28. The molecule has 0 unspecified atom stereocenters. The first-order valence-electron chi connectivity index (χ1n) is 7.10. The Labute approximate surface area is 134 Å². The van der Waals surface area contributed by atoms with Crippen molar-refractivity contribution < 1.29 is 14.3 Å². The number of carbonyl (C=O) groups is 1. The quantitative estimate of drug-likeness (QED) is 0.795. The standard InChI is InChI=1S/C16H20N2O3S/c1-4-21-13(15(19)20-3)9-11-5-7-12(8-6-11)14-10-18-16(17-2)22-14/h5-8,10,13H,4,9H2,1-3H3,(H,17,18)/t13-/m0/s1. The lowest BCUT2D eigenvalue weighted by atomic mass is 10.1. The van der Waals surface area contributed by atoms with Crippen LogP contribution in [-0.4, -0.2) is 37.8 Å². The van der Waals surface area contributed by atoms with Gasteiger partial charge in [-0.3, -0.25) is 0 Å². The molecule has 0 saturated heterocycles. The molecule has 0 bridgehead atoms. The Morgan fingerprint density at radius 2 is 2.09 bits per heavy atom. The number of anilines is 1. The molecule has 5 nitrogen and oxygen atoms in total. The van der Waals surface area contributed by atoms with Crippen LogP contribution >= 0.6 is 11.3 Å². The van der Waals surface area contributed by atoms with Gasteiger partial charge < -0.3 is 14.8 Å². The summed E-state index contributed by atoms with van der Waals surface area (Å²) in [5.41, 5.74) is 2.14. The lowest BCUT2D eigenvalue weighted by Crippen LogP contribution is -2.28. The van der Waals surface area contributed by atoms with Crippen LogP contribution in [0, 0.1) is 0 Å². The van der Waals surface area contributed by atoms with Gasteiger partial charge >= 0.3 is 5.97 Å². The van der Waals surface area contributed by atoms with E-state index >= 15 is 0 Å². The Bertz CT molecular complexity index is 610. The zero-order valence-corrected chi connectivity index (χ0v) is 13.8. The first-order valence-corrected chi connectivity index (χ1v) is 7.92. The maximum Gasteiger partial charge on any atom is 0.335 e. The van der Waals surface area contributed by atoms with Crippen molar-refractivity contribution in [3.8, 4) is 10.4 Å². The van der Waals surface area contributed by atoms with Crippen LogP contribution in [0.5, 0.6) is 0 Å². The highest BCUT2D eigenvalue weighted by Gasteiger charge is 2.19. The summed E-state index contributed by atoms with van der Waals surface area (Å²) in [6.07, 6.45) is 1.80. The average Bonchev–Trinajstić information content (AvgIpc) is 3.03. The number of hydrogen-bond acceptors (Lipinski definition) is 6. The highest BCUT2D eigenvalue weighted by atomic mass is 32.1. The Morgan fingerprint density at radius 3 is 2.64 bits per heavy atom. The monoisotopic (exact) mass is 320 g/mol. The van der Waals surface area contributed by atoms with Crippen LogP contribution in [0.2, 0.25) is 0 Å². The SMILES string of the molecule is CCO[C@@H](Cc1ccc(-c2cnc(NC)s2)cc1)C(=O)OC. The predicted octanol–water partition coefficient (Wildman–Crippen LogP) is 2.97. The van der Waals surface area contributed by atoms with E-state index in [4.69, 9.17) is 9.47 Å². The fourth-order valence-corrected chi connectivity index (χ4v) is 2.86. The van der Waals surface area contributed by atoms with E-state index in [1.54, 1.807) is 11.3 Å². The molecule has 1 aromatic heterocycles. The first kappa shape index (κ1) is 16.5. The number of carbonyl (C=O) groups excluding carboxylic acids is 1. The van der Waals surface area contributed by atoms with E-state index in [0.717, 1.165) is 21.1 Å². The molecule has 1 atom stereocenters. The smallest absolute Gasteiger partial charge is 0.335 e. The number of thiazole rings is 1. The van der Waals surface area contributed by atoms with Crippen molar-refractivity contribution in [2.24, 2.45) is 0 Å². The molecule has 0 aliphatic carbocycles. The Kier molecular flexibility index (Phi) is 5.91. The second-order valence-electron chi connectivity index (χ2n) is 4.65. The van der Waals surface area contributed by atoms with Gasteiger partial charge in [-0.2, -0.15) is 0 Å². The van der Waals surface area contributed by atoms with E-state index in [0.29, 0.717) is 13.0 Å². The number of benzene rings is 1. The summed E-state index contributed by atoms with van der Waals surface area (Å²) in [5, 5.41) is 3.92. The maximum absolute atomic E-state index is 11.7. The molecule has 118 valence electrons. The average molecular weight is 320 g/mol. The molecule has 6 heteroatoms. The molecule has 0 radical (unpaired) electrons. The van der Waals surface area contributed by atoms with Gasteiger partial charge in [-0.15, -0.1) is 0 Å². The Balaban J connectivity index is 2.09. The molecule has 0 spiro atoms. The molecule has 22 heavy (non-hydrogen) atoms. The van der Waals surface area contributed by atoms with Gasteiger partial charge in [0.25, 0.3) is 0 Å². The van der Waals surface area contributed by atoms with E-state index in [-0.39, 0.29) is 5.97 Å². The molecule has 0 fully saturated rings. The number of rotatable bonds is 7. The zero-order valence-electron chi connectivity index (χ0n) is 13.0. The summed E-state index contributed by atoms with van der Waals surface area (Å²) >= 11 is 1.60. The van der Waals surface area contributed by atoms with Gasteiger partial charge in [0.1, 0.15) is 0 Å². The largest absolute Gasteiger partial charge is 0.467 e. The van der Waals surface area contributed by atoms with Gasteiger partial charge in [0, 0.05) is 26.3 Å². The normalized spacial score (nSPS) is 12.0. The number of esters is 1. The third-order valence-corrected chi connectivity index (χ3v) is 4.27. The number of aromatic nitrogens is 1. The van der Waals surface area contributed by atoms with Gasteiger partial charge in [-0.25, -0.2) is 9.78 Å². The second-order valence-corrected chi connectivity index (χ2v) is 5.68. The molecule has 2 rings (SSSR count). The molecule has 0 aliphatic rings. The third-order valence-electron chi connectivity index (χ3n) is 3.21. The molecule has 2 aromatic rings. The number of nitrogens with one attached hydrogen (secondary N) is 1. The fraction of sp³-hybridized carbons (Fsp3) is 0.375. The first-order chi connectivity index (χ1) is 10.7. The van der Waals surface area contributed by atoms with E-state index in [1.807, 2.05) is 44.4 Å². The predicted molar refractivity (Wildman–Crippen MR) is 88.2 cm³/mol. The summed E-state index contributed by atoms with van der Waals surface area (Å²) in [5.74, 6) is -0.341. The van der Waals surface area contributed by atoms with Crippen molar-refractivity contribution in [1.29, 1.82) is 0 Å². The van der Waals surface area contributed by atoms with E-state index in [1.165, 1.54) is 7.11 Å². The lowest BCUT2D eigenvalue weighted by molar-refractivity contribution is -0.153. The van der Waals surface area contributed by atoms with E-state index in [2.05, 4.69) is 10.3 Å². The Hall–Kier alpha value is -1.92. The van der Waals surface area contributed by atoms with Crippen LogP contribution in [0.1, 0.15) is 12.5 Å². The number of nitrogens with zero attached hydrogens (tertiary/aromatic N) is 1. The van der Waals surface area contributed by atoms with Crippen molar-refractivity contribution in [2.45, 2.75) is 19.4 Å². The van der Waals surface area contributed by atoms with Gasteiger partial charge in [0.2, 0.25) is 0 Å². The molecule has 0 saturated carbocycles. The minimum atomic E-state index is -0.555. The molecule has 0 aliphatic heterocycles. The van der Waals surface area contributed by atoms with Crippen molar-refractivity contribution in [1.82, 2.24) is 4.98 Å². The summed E-state index contributed by atoms with van der Waals surface area (Å²) in [6, 6.07) is 8.07. The van der Waals surface area contributed by atoms with Crippen molar-refractivity contribution in [2.75, 3.05) is 26.1 Å². The number of ether oxygens (including phenoxy) is 2. The molecular formula is C16H20N2O3S. The number of methoxy groups -OCH3 is 1. The van der Waals surface area contributed by atoms with Gasteiger partial charge in [-0.05, 0) is 18.1 Å². The summed E-state index contributed by atoms with van der Waals surface area (Å²) in [4.78, 5) is 17.0. The van der Waals surface area contributed by atoms with Gasteiger partial charge in [-0.1, -0.05) is 35.6 Å². The molecule has 0 amide bonds.